The molecule has 1 atom stereocenters. The van der Waals surface area contributed by atoms with Crippen molar-refractivity contribution in [2.24, 2.45) is 5.73 Å². The fourth-order valence-corrected chi connectivity index (χ4v) is 4.68. The maximum atomic E-state index is 13.4. The van der Waals surface area contributed by atoms with Crippen molar-refractivity contribution in [3.63, 3.8) is 0 Å². The Morgan fingerprint density at radius 1 is 1.43 bits per heavy atom. The van der Waals surface area contributed by atoms with Gasteiger partial charge in [-0.2, -0.15) is 5.26 Å². The number of rotatable bonds is 4. The fraction of sp³-hybridized carbons (Fsp3) is 0.333. The summed E-state index contributed by atoms with van der Waals surface area (Å²) < 4.78 is 6.76. The van der Waals surface area contributed by atoms with Gasteiger partial charge in [-0.3, -0.25) is 9.36 Å². The molecular formula is C21H21N5O3S. The molecule has 0 radical (unpaired) electrons. The van der Waals surface area contributed by atoms with Crippen LogP contribution in [0.2, 0.25) is 0 Å². The van der Waals surface area contributed by atoms with Crippen LogP contribution >= 0.6 is 11.3 Å². The molecule has 1 saturated heterocycles. The molecule has 0 unspecified atom stereocenters. The van der Waals surface area contributed by atoms with E-state index in [1.807, 2.05) is 17.0 Å². The molecule has 3 heterocycles. The quantitative estimate of drug-likeness (QED) is 0.639. The van der Waals surface area contributed by atoms with Crippen molar-refractivity contribution in [2.45, 2.75) is 25.4 Å². The van der Waals surface area contributed by atoms with Gasteiger partial charge in [-0.25, -0.2) is 9.78 Å². The van der Waals surface area contributed by atoms with E-state index in [2.05, 4.69) is 6.07 Å². The van der Waals surface area contributed by atoms with Crippen molar-refractivity contribution in [1.82, 2.24) is 9.55 Å². The monoisotopic (exact) mass is 423 g/mol. The van der Waals surface area contributed by atoms with E-state index in [-0.39, 0.29) is 18.1 Å². The molecule has 30 heavy (non-hydrogen) atoms. The van der Waals surface area contributed by atoms with Gasteiger partial charge in [0.25, 0.3) is 5.56 Å². The summed E-state index contributed by atoms with van der Waals surface area (Å²) in [6, 6.07) is 10.9. The second-order valence-corrected chi connectivity index (χ2v) is 8.29. The summed E-state index contributed by atoms with van der Waals surface area (Å²) in [4.78, 5) is 32.5. The zero-order chi connectivity index (χ0) is 21.3. The van der Waals surface area contributed by atoms with Crippen LogP contribution in [-0.2, 0) is 11.3 Å². The molecule has 2 N–H and O–H groups in total. The van der Waals surface area contributed by atoms with Gasteiger partial charge < -0.3 is 15.4 Å². The summed E-state index contributed by atoms with van der Waals surface area (Å²) in [5.74, 6) is 0.00456. The number of anilines is 1. The Labute approximate surface area is 177 Å². The number of ether oxygens (including phenoxy) is 1. The Hall–Kier alpha value is -3.22. The third kappa shape index (κ3) is 3.67. The molecular weight excluding hydrogens is 402 g/mol. The predicted molar refractivity (Wildman–Crippen MR) is 115 cm³/mol. The molecule has 4 rings (SSSR count). The highest BCUT2D eigenvalue weighted by atomic mass is 32.1. The number of hydrogen-bond acceptors (Lipinski definition) is 8. The number of thiophene rings is 1. The van der Waals surface area contributed by atoms with Gasteiger partial charge >= 0.3 is 5.97 Å². The molecule has 2 aromatic heterocycles. The van der Waals surface area contributed by atoms with E-state index < -0.39 is 5.97 Å². The molecule has 3 aromatic rings. The Kier molecular flexibility index (Phi) is 5.53. The Balaban J connectivity index is 1.89. The molecule has 154 valence electrons. The summed E-state index contributed by atoms with van der Waals surface area (Å²) in [6.07, 6.45) is 1.83. The average molecular weight is 423 g/mol. The van der Waals surface area contributed by atoms with Crippen LogP contribution in [0.1, 0.15) is 33.6 Å². The number of fused-ring (bicyclic) bond motifs is 1. The summed E-state index contributed by atoms with van der Waals surface area (Å²) in [5, 5.41) is 9.45. The van der Waals surface area contributed by atoms with Crippen LogP contribution in [0.4, 0.5) is 5.95 Å². The van der Waals surface area contributed by atoms with Gasteiger partial charge in [-0.05, 0) is 30.5 Å². The number of carbonyl (C=O) groups is 1. The maximum Gasteiger partial charge on any atom is 0.348 e. The van der Waals surface area contributed by atoms with Crippen LogP contribution in [0.5, 0.6) is 0 Å². The molecule has 0 spiro atoms. The molecule has 0 amide bonds. The van der Waals surface area contributed by atoms with Crippen molar-refractivity contribution in [1.29, 1.82) is 5.26 Å². The normalized spacial score (nSPS) is 16.4. The highest BCUT2D eigenvalue weighted by Crippen LogP contribution is 2.26. The second-order valence-electron chi connectivity index (χ2n) is 7.24. The number of methoxy groups -OCH3 is 1. The van der Waals surface area contributed by atoms with E-state index >= 15 is 0 Å². The lowest BCUT2D eigenvalue weighted by molar-refractivity contribution is 0.0606. The first kappa shape index (κ1) is 20.1. The van der Waals surface area contributed by atoms with Gasteiger partial charge in [0.2, 0.25) is 5.95 Å². The molecule has 1 fully saturated rings. The molecule has 8 nitrogen and oxygen atoms in total. The molecule has 0 saturated carbocycles. The Morgan fingerprint density at radius 2 is 2.23 bits per heavy atom. The fourth-order valence-electron chi connectivity index (χ4n) is 3.71. The number of esters is 1. The van der Waals surface area contributed by atoms with Crippen LogP contribution in [0.3, 0.4) is 0 Å². The van der Waals surface area contributed by atoms with Gasteiger partial charge in [0.15, 0.2) is 0 Å². The van der Waals surface area contributed by atoms with Crippen molar-refractivity contribution >= 4 is 33.5 Å². The minimum Gasteiger partial charge on any atom is -0.465 e. The molecule has 9 heteroatoms. The minimum absolute atomic E-state index is 0.000649. The maximum absolute atomic E-state index is 13.4. The van der Waals surface area contributed by atoms with Crippen LogP contribution in [-0.4, -0.2) is 41.8 Å². The largest absolute Gasteiger partial charge is 0.465 e. The molecule has 1 aromatic carbocycles. The van der Waals surface area contributed by atoms with E-state index in [1.165, 1.54) is 7.11 Å². The van der Waals surface area contributed by atoms with Gasteiger partial charge in [-0.1, -0.05) is 18.2 Å². The number of hydrogen-bond donors (Lipinski definition) is 1. The number of aromatic nitrogens is 2. The number of carbonyl (C=O) groups excluding carboxylic acids is 1. The number of benzene rings is 1. The third-order valence-corrected chi connectivity index (χ3v) is 6.30. The van der Waals surface area contributed by atoms with Gasteiger partial charge in [-0.15, -0.1) is 11.3 Å². The summed E-state index contributed by atoms with van der Waals surface area (Å²) in [6.45, 7) is 1.53. The SMILES string of the molecule is COC(=O)c1cc2nc(N3CCC[C@@H](N)C3)n(Cc3ccccc3C#N)c(=O)c2s1. The highest BCUT2D eigenvalue weighted by Gasteiger charge is 2.24. The lowest BCUT2D eigenvalue weighted by Gasteiger charge is -2.33. The second kappa shape index (κ2) is 8.26. The Bertz CT molecular complexity index is 1210. The Morgan fingerprint density at radius 3 is 2.97 bits per heavy atom. The van der Waals surface area contributed by atoms with E-state index in [4.69, 9.17) is 15.5 Å². The minimum atomic E-state index is -0.500. The lowest BCUT2D eigenvalue weighted by Crippen LogP contribution is -2.45. The highest BCUT2D eigenvalue weighted by molar-refractivity contribution is 7.20. The number of nitrogens with zero attached hydrogens (tertiary/aromatic N) is 4. The lowest BCUT2D eigenvalue weighted by atomic mass is 10.1. The summed E-state index contributed by atoms with van der Waals surface area (Å²) in [5.41, 5.74) is 7.62. The number of nitriles is 1. The van der Waals surface area contributed by atoms with Crippen LogP contribution in [0.15, 0.2) is 35.1 Å². The van der Waals surface area contributed by atoms with Crippen LogP contribution in [0.25, 0.3) is 10.2 Å². The molecule has 1 aliphatic rings. The first-order valence-corrected chi connectivity index (χ1v) is 10.4. The molecule has 1 aliphatic heterocycles. The zero-order valence-corrected chi connectivity index (χ0v) is 17.3. The van der Waals surface area contributed by atoms with Crippen LogP contribution < -0.4 is 16.2 Å². The van der Waals surface area contributed by atoms with Crippen molar-refractivity contribution in [2.75, 3.05) is 25.1 Å². The molecule has 0 bridgehead atoms. The number of nitrogens with two attached hydrogens (primary N) is 1. The van der Waals surface area contributed by atoms with E-state index in [0.29, 0.717) is 33.2 Å². The third-order valence-electron chi connectivity index (χ3n) is 5.21. The molecule has 0 aliphatic carbocycles. The first-order valence-electron chi connectivity index (χ1n) is 9.63. The van der Waals surface area contributed by atoms with Crippen molar-refractivity contribution in [3.05, 3.63) is 56.7 Å². The number of piperidine rings is 1. The van der Waals surface area contributed by atoms with E-state index in [0.717, 1.165) is 36.3 Å². The average Bonchev–Trinajstić information content (AvgIpc) is 3.20. The van der Waals surface area contributed by atoms with Gasteiger partial charge in [0.05, 0.1) is 30.8 Å². The summed E-state index contributed by atoms with van der Waals surface area (Å²) in [7, 11) is 1.30. The standard InChI is InChI=1S/C21H21N5O3S/c1-29-20(28)17-9-16-18(30-17)19(27)26(11-14-6-3-2-5-13(14)10-22)21(24-16)25-8-4-7-15(23)12-25/h2-3,5-6,9,15H,4,7-8,11-12,23H2,1H3/t15-/m1/s1. The van der Waals surface area contributed by atoms with E-state index in [9.17, 15) is 14.9 Å². The zero-order valence-electron chi connectivity index (χ0n) is 16.5. The van der Waals surface area contributed by atoms with Crippen LogP contribution in [0, 0.1) is 11.3 Å². The predicted octanol–water partition coefficient (Wildman–Crippen LogP) is 2.09. The first-order chi connectivity index (χ1) is 14.5. The van der Waals surface area contributed by atoms with Crippen molar-refractivity contribution in [3.8, 4) is 6.07 Å². The topological polar surface area (TPSA) is 114 Å². The van der Waals surface area contributed by atoms with Crippen molar-refractivity contribution < 1.29 is 9.53 Å². The van der Waals surface area contributed by atoms with E-state index in [1.54, 1.807) is 22.8 Å². The van der Waals surface area contributed by atoms with Gasteiger partial charge in [0, 0.05) is 19.1 Å². The smallest absolute Gasteiger partial charge is 0.348 e. The van der Waals surface area contributed by atoms with Gasteiger partial charge in [0.1, 0.15) is 9.58 Å². The summed E-state index contributed by atoms with van der Waals surface area (Å²) >= 11 is 1.07.